The van der Waals surface area contributed by atoms with E-state index >= 15 is 0 Å². The third-order valence-electron chi connectivity index (χ3n) is 2.78. The van der Waals surface area contributed by atoms with Gasteiger partial charge in [0.2, 0.25) is 5.95 Å². The predicted octanol–water partition coefficient (Wildman–Crippen LogP) is 4.01. The first-order valence-corrected chi connectivity index (χ1v) is 7.30. The summed E-state index contributed by atoms with van der Waals surface area (Å²) in [4.78, 5) is 7.91. The van der Waals surface area contributed by atoms with E-state index in [1.54, 1.807) is 12.1 Å². The van der Waals surface area contributed by atoms with Gasteiger partial charge >= 0.3 is 0 Å². The van der Waals surface area contributed by atoms with E-state index < -0.39 is 5.82 Å². The van der Waals surface area contributed by atoms with Gasteiger partial charge in [-0.05, 0) is 31.0 Å². The average molecular weight is 329 g/mol. The van der Waals surface area contributed by atoms with Gasteiger partial charge < -0.3 is 10.6 Å². The maximum Gasteiger partial charge on any atom is 0.224 e. The van der Waals surface area contributed by atoms with Crippen molar-refractivity contribution < 1.29 is 4.39 Å². The zero-order chi connectivity index (χ0) is 15.2. The Hall–Kier alpha value is -1.59. The second-order valence-electron chi connectivity index (χ2n) is 4.33. The minimum atomic E-state index is -0.487. The van der Waals surface area contributed by atoms with Crippen LogP contribution in [-0.4, -0.2) is 23.1 Å². The SMILES string of the molecule is CCNc1ncc(F)c(NCCc2ccc(Cl)cc2Cl)n1. The van der Waals surface area contributed by atoms with Gasteiger partial charge in [-0.15, -0.1) is 0 Å². The normalized spacial score (nSPS) is 10.5. The zero-order valence-corrected chi connectivity index (χ0v) is 13.0. The number of halogens is 3. The van der Waals surface area contributed by atoms with Gasteiger partial charge in [-0.25, -0.2) is 9.37 Å². The maximum atomic E-state index is 13.6. The summed E-state index contributed by atoms with van der Waals surface area (Å²) >= 11 is 11.9. The van der Waals surface area contributed by atoms with Crippen LogP contribution >= 0.6 is 23.2 Å². The van der Waals surface area contributed by atoms with Crippen LogP contribution < -0.4 is 10.6 Å². The van der Waals surface area contributed by atoms with Crippen molar-refractivity contribution in [1.82, 2.24) is 9.97 Å². The zero-order valence-electron chi connectivity index (χ0n) is 11.5. The largest absolute Gasteiger partial charge is 0.367 e. The Kier molecular flexibility index (Phi) is 5.59. The molecule has 7 heteroatoms. The van der Waals surface area contributed by atoms with E-state index in [4.69, 9.17) is 23.2 Å². The van der Waals surface area contributed by atoms with Gasteiger partial charge in [0.05, 0.1) is 6.20 Å². The molecule has 0 unspecified atom stereocenters. The van der Waals surface area contributed by atoms with Crippen LogP contribution in [0, 0.1) is 5.82 Å². The second kappa shape index (κ2) is 7.43. The number of rotatable bonds is 6. The Morgan fingerprint density at radius 3 is 2.76 bits per heavy atom. The van der Waals surface area contributed by atoms with Gasteiger partial charge in [0.25, 0.3) is 0 Å². The molecular formula is C14H15Cl2FN4. The molecule has 2 rings (SSSR count). The molecule has 0 aliphatic carbocycles. The predicted molar refractivity (Wildman–Crippen MR) is 84.8 cm³/mol. The van der Waals surface area contributed by atoms with E-state index in [0.717, 1.165) is 11.8 Å². The molecule has 1 heterocycles. The van der Waals surface area contributed by atoms with Crippen LogP contribution in [0.2, 0.25) is 10.0 Å². The highest BCUT2D eigenvalue weighted by Gasteiger charge is 2.07. The maximum absolute atomic E-state index is 13.6. The molecule has 0 saturated heterocycles. The molecule has 0 aliphatic heterocycles. The van der Waals surface area contributed by atoms with E-state index in [2.05, 4.69) is 20.6 Å². The summed E-state index contributed by atoms with van der Waals surface area (Å²) in [6.07, 6.45) is 1.78. The van der Waals surface area contributed by atoms with Gasteiger partial charge in [0, 0.05) is 23.1 Å². The van der Waals surface area contributed by atoms with E-state index in [-0.39, 0.29) is 5.82 Å². The van der Waals surface area contributed by atoms with Gasteiger partial charge in [0.1, 0.15) is 0 Å². The van der Waals surface area contributed by atoms with Crippen LogP contribution in [0.1, 0.15) is 12.5 Å². The summed E-state index contributed by atoms with van der Waals surface area (Å²) in [6, 6.07) is 5.32. The fourth-order valence-electron chi connectivity index (χ4n) is 1.77. The van der Waals surface area contributed by atoms with Crippen LogP contribution in [0.5, 0.6) is 0 Å². The lowest BCUT2D eigenvalue weighted by molar-refractivity contribution is 0.617. The fourth-order valence-corrected chi connectivity index (χ4v) is 2.28. The van der Waals surface area contributed by atoms with Crippen molar-refractivity contribution in [2.45, 2.75) is 13.3 Å². The summed E-state index contributed by atoms with van der Waals surface area (Å²) < 4.78 is 13.6. The summed E-state index contributed by atoms with van der Waals surface area (Å²) in [5, 5.41) is 7.07. The summed E-state index contributed by atoms with van der Waals surface area (Å²) in [5.41, 5.74) is 0.940. The molecule has 2 aromatic rings. The van der Waals surface area contributed by atoms with Crippen LogP contribution in [0.3, 0.4) is 0 Å². The second-order valence-corrected chi connectivity index (χ2v) is 5.18. The molecule has 21 heavy (non-hydrogen) atoms. The molecule has 2 N–H and O–H groups in total. The first-order chi connectivity index (χ1) is 10.1. The van der Waals surface area contributed by atoms with E-state index in [9.17, 15) is 4.39 Å². The van der Waals surface area contributed by atoms with Crippen LogP contribution in [0.15, 0.2) is 24.4 Å². The van der Waals surface area contributed by atoms with Crippen molar-refractivity contribution in [3.05, 3.63) is 45.8 Å². The minimum Gasteiger partial charge on any atom is -0.367 e. The highest BCUT2D eigenvalue weighted by Crippen LogP contribution is 2.21. The monoisotopic (exact) mass is 328 g/mol. The topological polar surface area (TPSA) is 49.8 Å². The third-order valence-corrected chi connectivity index (χ3v) is 3.37. The van der Waals surface area contributed by atoms with Crippen molar-refractivity contribution >= 4 is 35.0 Å². The molecule has 0 amide bonds. The Bertz CT molecular complexity index is 622. The lowest BCUT2D eigenvalue weighted by Gasteiger charge is -2.09. The molecule has 0 fully saturated rings. The van der Waals surface area contributed by atoms with Crippen molar-refractivity contribution in [1.29, 1.82) is 0 Å². The van der Waals surface area contributed by atoms with Crippen molar-refractivity contribution in [3.63, 3.8) is 0 Å². The number of aromatic nitrogens is 2. The fraction of sp³-hybridized carbons (Fsp3) is 0.286. The summed E-state index contributed by atoms with van der Waals surface area (Å²) in [7, 11) is 0. The highest BCUT2D eigenvalue weighted by molar-refractivity contribution is 6.35. The number of nitrogens with one attached hydrogen (secondary N) is 2. The quantitative estimate of drug-likeness (QED) is 0.841. The molecule has 0 atom stereocenters. The lowest BCUT2D eigenvalue weighted by atomic mass is 10.1. The smallest absolute Gasteiger partial charge is 0.224 e. The van der Waals surface area contributed by atoms with Crippen molar-refractivity contribution in [3.8, 4) is 0 Å². The summed E-state index contributed by atoms with van der Waals surface area (Å²) in [5.74, 6) is 0.0795. The Labute approximate surface area is 132 Å². The Balaban J connectivity index is 1.98. The number of hydrogen-bond donors (Lipinski definition) is 2. The molecule has 0 saturated carbocycles. The van der Waals surface area contributed by atoms with E-state index in [0.29, 0.717) is 35.5 Å². The molecule has 112 valence electrons. The molecule has 0 aliphatic rings. The molecular weight excluding hydrogens is 314 g/mol. The minimum absolute atomic E-state index is 0.172. The molecule has 1 aromatic heterocycles. The number of benzene rings is 1. The van der Waals surface area contributed by atoms with Gasteiger partial charge in [0.15, 0.2) is 11.6 Å². The van der Waals surface area contributed by atoms with Gasteiger partial charge in [-0.2, -0.15) is 4.98 Å². The standard InChI is InChI=1S/C14H15Cl2FN4/c1-2-18-14-20-8-12(17)13(21-14)19-6-5-9-3-4-10(15)7-11(9)16/h3-4,7-8H,2,5-6H2,1H3,(H2,18,19,20,21). The number of anilines is 2. The highest BCUT2D eigenvalue weighted by atomic mass is 35.5. The van der Waals surface area contributed by atoms with E-state index in [1.165, 1.54) is 0 Å². The average Bonchev–Trinajstić information content (AvgIpc) is 2.45. The van der Waals surface area contributed by atoms with Crippen LogP contribution in [0.25, 0.3) is 0 Å². The van der Waals surface area contributed by atoms with Crippen molar-refractivity contribution in [2.24, 2.45) is 0 Å². The first-order valence-electron chi connectivity index (χ1n) is 6.54. The summed E-state index contributed by atoms with van der Waals surface area (Å²) in [6.45, 7) is 3.09. The van der Waals surface area contributed by atoms with E-state index in [1.807, 2.05) is 13.0 Å². The molecule has 0 bridgehead atoms. The third kappa shape index (κ3) is 4.44. The molecule has 0 spiro atoms. The molecule has 0 radical (unpaired) electrons. The Morgan fingerprint density at radius 2 is 2.05 bits per heavy atom. The van der Waals surface area contributed by atoms with Crippen molar-refractivity contribution in [2.75, 3.05) is 23.7 Å². The Morgan fingerprint density at radius 1 is 1.24 bits per heavy atom. The first kappa shape index (κ1) is 15.8. The van der Waals surface area contributed by atoms with Gasteiger partial charge in [-0.1, -0.05) is 29.3 Å². The number of hydrogen-bond acceptors (Lipinski definition) is 4. The molecule has 1 aromatic carbocycles. The lowest BCUT2D eigenvalue weighted by Crippen LogP contribution is -2.11. The van der Waals surface area contributed by atoms with Crippen LogP contribution in [-0.2, 0) is 6.42 Å². The van der Waals surface area contributed by atoms with Crippen LogP contribution in [0.4, 0.5) is 16.2 Å². The van der Waals surface area contributed by atoms with Gasteiger partial charge in [-0.3, -0.25) is 0 Å². The molecule has 4 nitrogen and oxygen atoms in total. The number of nitrogens with zero attached hydrogens (tertiary/aromatic N) is 2.